The summed E-state index contributed by atoms with van der Waals surface area (Å²) in [5.41, 5.74) is 2.30. The minimum atomic E-state index is 0.00364. The van der Waals surface area contributed by atoms with Crippen molar-refractivity contribution < 1.29 is 14.3 Å². The van der Waals surface area contributed by atoms with Gasteiger partial charge in [0.1, 0.15) is 0 Å². The van der Waals surface area contributed by atoms with Crippen LogP contribution in [-0.4, -0.2) is 31.1 Å². The summed E-state index contributed by atoms with van der Waals surface area (Å²) in [5.74, 6) is 1.23. The van der Waals surface area contributed by atoms with Crippen LogP contribution in [0.5, 0.6) is 11.5 Å². The maximum absolute atomic E-state index is 12.6. The Kier molecular flexibility index (Phi) is 5.43. The Labute approximate surface area is 152 Å². The predicted molar refractivity (Wildman–Crippen MR) is 101 cm³/mol. The molecule has 0 fully saturated rings. The Morgan fingerprint density at radius 3 is 2.96 bits per heavy atom. The lowest BCUT2D eigenvalue weighted by molar-refractivity contribution is -0.135. The molecular weight excluding hydrogens is 334 g/mol. The van der Waals surface area contributed by atoms with Crippen LogP contribution in [0.2, 0.25) is 0 Å². The average molecular weight is 357 g/mol. The smallest absolute Gasteiger partial charge is 0.261 e. The predicted octanol–water partition coefficient (Wildman–Crippen LogP) is 4.31. The highest BCUT2D eigenvalue weighted by molar-refractivity contribution is 7.10. The van der Waals surface area contributed by atoms with Gasteiger partial charge >= 0.3 is 0 Å². The molecule has 0 spiro atoms. The molecule has 0 saturated carbocycles. The third-order valence-corrected chi connectivity index (χ3v) is 5.49. The Morgan fingerprint density at radius 2 is 2.20 bits per heavy atom. The van der Waals surface area contributed by atoms with E-state index in [0.717, 1.165) is 18.5 Å². The molecule has 132 valence electrons. The van der Waals surface area contributed by atoms with Crippen molar-refractivity contribution in [3.05, 3.63) is 51.7 Å². The van der Waals surface area contributed by atoms with E-state index in [-0.39, 0.29) is 18.6 Å². The maximum Gasteiger partial charge on any atom is 0.261 e. The van der Waals surface area contributed by atoms with Crippen molar-refractivity contribution in [1.29, 1.82) is 0 Å². The van der Waals surface area contributed by atoms with E-state index < -0.39 is 0 Å². The highest BCUT2D eigenvalue weighted by atomic mass is 32.1. The van der Waals surface area contributed by atoms with Crippen LogP contribution in [0.25, 0.3) is 6.08 Å². The fraction of sp³-hybridized carbons (Fsp3) is 0.350. The highest BCUT2D eigenvalue weighted by Gasteiger charge is 2.28. The lowest BCUT2D eigenvalue weighted by Gasteiger charge is -2.33. The molecule has 0 N–H and O–H groups in total. The monoisotopic (exact) mass is 357 g/mol. The average Bonchev–Trinajstić information content (AvgIpc) is 3.10. The number of ether oxygens (including phenoxy) is 2. The Balaban J connectivity index is 1.67. The standard InChI is InChI=1S/C20H23NO3S/c1-4-5-15-6-7-17(18(12-15)23-3)24-13-20(22)21-10-8-19-16(14(21)2)9-11-25-19/h4-7,9,11-12,14H,8,10,13H2,1-3H3/b5-4+/t14-/m1/s1. The molecule has 5 heteroatoms. The second-order valence-corrected chi connectivity index (χ2v) is 7.01. The zero-order valence-corrected chi connectivity index (χ0v) is 15.6. The molecular formula is C20H23NO3S. The van der Waals surface area contributed by atoms with Gasteiger partial charge in [0.05, 0.1) is 13.2 Å². The molecule has 0 aliphatic carbocycles. The second-order valence-electron chi connectivity index (χ2n) is 6.01. The molecule has 1 amide bonds. The van der Waals surface area contributed by atoms with Crippen molar-refractivity contribution >= 4 is 23.3 Å². The van der Waals surface area contributed by atoms with Gasteiger partial charge in [0, 0.05) is 11.4 Å². The summed E-state index contributed by atoms with van der Waals surface area (Å²) in [7, 11) is 1.61. The molecule has 0 unspecified atom stereocenters. The van der Waals surface area contributed by atoms with E-state index in [9.17, 15) is 4.79 Å². The van der Waals surface area contributed by atoms with Gasteiger partial charge in [0.2, 0.25) is 0 Å². The number of carbonyl (C=O) groups is 1. The first-order valence-corrected chi connectivity index (χ1v) is 9.31. The van der Waals surface area contributed by atoms with Crippen LogP contribution in [0.3, 0.4) is 0 Å². The van der Waals surface area contributed by atoms with Gasteiger partial charge in [-0.2, -0.15) is 0 Å². The molecule has 0 bridgehead atoms. The lowest BCUT2D eigenvalue weighted by Crippen LogP contribution is -2.40. The summed E-state index contributed by atoms with van der Waals surface area (Å²) in [4.78, 5) is 15.9. The van der Waals surface area contributed by atoms with Crippen molar-refractivity contribution in [3.63, 3.8) is 0 Å². The number of fused-ring (bicyclic) bond motifs is 1. The summed E-state index contributed by atoms with van der Waals surface area (Å²) in [6, 6.07) is 7.92. The number of thiophene rings is 1. The molecule has 2 heterocycles. The maximum atomic E-state index is 12.6. The quantitative estimate of drug-likeness (QED) is 0.800. The lowest BCUT2D eigenvalue weighted by atomic mass is 10.0. The highest BCUT2D eigenvalue weighted by Crippen LogP contribution is 2.33. The number of hydrogen-bond donors (Lipinski definition) is 0. The van der Waals surface area contributed by atoms with Crippen molar-refractivity contribution in [1.82, 2.24) is 4.90 Å². The van der Waals surface area contributed by atoms with E-state index >= 15 is 0 Å². The SMILES string of the molecule is C/C=C/c1ccc(OCC(=O)N2CCc3sccc3[C@H]2C)c(OC)c1. The number of nitrogens with zero attached hydrogens (tertiary/aromatic N) is 1. The van der Waals surface area contributed by atoms with Crippen molar-refractivity contribution in [2.75, 3.05) is 20.3 Å². The van der Waals surface area contributed by atoms with E-state index in [4.69, 9.17) is 9.47 Å². The zero-order chi connectivity index (χ0) is 17.8. The number of methoxy groups -OCH3 is 1. The van der Waals surface area contributed by atoms with Crippen LogP contribution in [0.15, 0.2) is 35.7 Å². The number of hydrogen-bond acceptors (Lipinski definition) is 4. The number of amides is 1. The molecule has 1 atom stereocenters. The normalized spacial score (nSPS) is 16.8. The Morgan fingerprint density at radius 1 is 1.36 bits per heavy atom. The first-order valence-electron chi connectivity index (χ1n) is 8.43. The van der Waals surface area contributed by atoms with Gasteiger partial charge in [0.25, 0.3) is 5.91 Å². The second kappa shape index (κ2) is 7.74. The molecule has 1 aliphatic heterocycles. The Hall–Kier alpha value is -2.27. The zero-order valence-electron chi connectivity index (χ0n) is 14.8. The molecule has 0 saturated heterocycles. The van der Waals surface area contributed by atoms with Crippen LogP contribution in [0, 0.1) is 0 Å². The number of benzene rings is 1. The van der Waals surface area contributed by atoms with E-state index in [1.54, 1.807) is 18.4 Å². The van der Waals surface area contributed by atoms with Gasteiger partial charge in [-0.3, -0.25) is 4.79 Å². The van der Waals surface area contributed by atoms with Crippen LogP contribution < -0.4 is 9.47 Å². The third kappa shape index (κ3) is 3.71. The van der Waals surface area contributed by atoms with Gasteiger partial charge in [-0.25, -0.2) is 0 Å². The van der Waals surface area contributed by atoms with Crippen LogP contribution in [0.1, 0.15) is 35.9 Å². The summed E-state index contributed by atoms with van der Waals surface area (Å²) in [6.45, 7) is 4.81. The van der Waals surface area contributed by atoms with Crippen LogP contribution in [0.4, 0.5) is 0 Å². The molecule has 1 aromatic carbocycles. The van der Waals surface area contributed by atoms with Crippen molar-refractivity contribution in [3.8, 4) is 11.5 Å². The van der Waals surface area contributed by atoms with E-state index in [2.05, 4.69) is 18.4 Å². The summed E-state index contributed by atoms with van der Waals surface area (Å²) in [6.07, 6.45) is 4.88. The number of rotatable bonds is 5. The molecule has 3 rings (SSSR count). The minimum Gasteiger partial charge on any atom is -0.493 e. The van der Waals surface area contributed by atoms with Crippen LogP contribution in [-0.2, 0) is 11.2 Å². The molecule has 4 nitrogen and oxygen atoms in total. The van der Waals surface area contributed by atoms with E-state index in [0.29, 0.717) is 11.5 Å². The fourth-order valence-corrected chi connectivity index (χ4v) is 4.13. The summed E-state index contributed by atoms with van der Waals surface area (Å²) < 4.78 is 11.1. The minimum absolute atomic E-state index is 0.00364. The van der Waals surface area contributed by atoms with Gasteiger partial charge in [-0.15, -0.1) is 11.3 Å². The third-order valence-electron chi connectivity index (χ3n) is 4.50. The van der Waals surface area contributed by atoms with Gasteiger partial charge in [0.15, 0.2) is 18.1 Å². The largest absolute Gasteiger partial charge is 0.493 e. The summed E-state index contributed by atoms with van der Waals surface area (Å²) >= 11 is 1.77. The number of carbonyl (C=O) groups excluding carboxylic acids is 1. The molecule has 1 aromatic heterocycles. The molecule has 0 radical (unpaired) electrons. The van der Waals surface area contributed by atoms with Gasteiger partial charge in [-0.1, -0.05) is 18.2 Å². The van der Waals surface area contributed by atoms with Gasteiger partial charge < -0.3 is 14.4 Å². The van der Waals surface area contributed by atoms with E-state index in [1.807, 2.05) is 42.2 Å². The van der Waals surface area contributed by atoms with Gasteiger partial charge in [-0.05, 0) is 55.0 Å². The number of allylic oxidation sites excluding steroid dienone is 1. The fourth-order valence-electron chi connectivity index (χ4n) is 3.17. The van der Waals surface area contributed by atoms with Crippen molar-refractivity contribution in [2.24, 2.45) is 0 Å². The first kappa shape index (κ1) is 17.5. The molecule has 2 aromatic rings. The molecule has 25 heavy (non-hydrogen) atoms. The first-order chi connectivity index (χ1) is 12.1. The molecule has 1 aliphatic rings. The van der Waals surface area contributed by atoms with Crippen LogP contribution >= 0.6 is 11.3 Å². The van der Waals surface area contributed by atoms with E-state index in [1.165, 1.54) is 10.4 Å². The van der Waals surface area contributed by atoms with Crippen molar-refractivity contribution in [2.45, 2.75) is 26.3 Å². The topological polar surface area (TPSA) is 38.8 Å². The summed E-state index contributed by atoms with van der Waals surface area (Å²) in [5, 5.41) is 2.10. The Bertz CT molecular complexity index is 781.